The summed E-state index contributed by atoms with van der Waals surface area (Å²) in [4.78, 5) is 11.1. The molecule has 0 amide bonds. The lowest BCUT2D eigenvalue weighted by Gasteiger charge is -2.07. The van der Waals surface area contributed by atoms with Crippen molar-refractivity contribution >= 4 is 34.9 Å². The van der Waals surface area contributed by atoms with Crippen molar-refractivity contribution in [3.8, 4) is 0 Å². The Morgan fingerprint density at radius 3 is 2.64 bits per heavy atom. The number of nitrogens with two attached hydrogens (primary N) is 1. The van der Waals surface area contributed by atoms with Crippen LogP contribution in [0.15, 0.2) is 6.07 Å². The van der Waals surface area contributed by atoms with Crippen molar-refractivity contribution in [3.63, 3.8) is 0 Å². The zero-order valence-corrected chi connectivity index (χ0v) is 8.62. The first kappa shape index (κ1) is 11.1. The van der Waals surface area contributed by atoms with Crippen LogP contribution in [0.1, 0.15) is 10.4 Å². The van der Waals surface area contributed by atoms with Crippen LogP contribution < -0.4 is 5.73 Å². The number of ether oxygens (including phenoxy) is 1. The minimum Gasteiger partial charge on any atom is -0.465 e. The van der Waals surface area contributed by atoms with E-state index in [1.54, 1.807) is 0 Å². The molecular weight excluding hydrogens is 232 g/mol. The molecule has 2 N–H and O–H groups in total. The number of hydrogen-bond donors (Lipinski definition) is 1. The Bertz CT molecular complexity index is 395. The molecule has 0 fully saturated rings. The molecule has 3 nitrogen and oxygen atoms in total. The molecule has 0 aromatic heterocycles. The topological polar surface area (TPSA) is 52.3 Å². The van der Waals surface area contributed by atoms with Crippen molar-refractivity contribution in [3.05, 3.63) is 27.5 Å². The van der Waals surface area contributed by atoms with Crippen molar-refractivity contribution in [2.45, 2.75) is 0 Å². The molecule has 0 radical (unpaired) electrons. The lowest BCUT2D eigenvalue weighted by Crippen LogP contribution is -2.07. The summed E-state index contributed by atoms with van der Waals surface area (Å²) in [5.74, 6) is -1.57. The number of hydrogen-bond acceptors (Lipinski definition) is 3. The van der Waals surface area contributed by atoms with Gasteiger partial charge in [0, 0.05) is 0 Å². The van der Waals surface area contributed by atoms with Crippen LogP contribution >= 0.6 is 23.2 Å². The van der Waals surface area contributed by atoms with Gasteiger partial charge in [0.15, 0.2) is 5.82 Å². The SMILES string of the molecule is COC(=O)c1cc(Cl)c(F)c(Cl)c1N. The molecule has 0 aliphatic rings. The second kappa shape index (κ2) is 4.02. The minimum absolute atomic E-state index is 0.0519. The fourth-order valence-electron chi connectivity index (χ4n) is 0.888. The summed E-state index contributed by atoms with van der Waals surface area (Å²) < 4.78 is 17.5. The quantitative estimate of drug-likeness (QED) is 0.464. The molecule has 0 saturated heterocycles. The fourth-order valence-corrected chi connectivity index (χ4v) is 1.34. The molecule has 0 unspecified atom stereocenters. The Balaban J connectivity index is 3.40. The Hall–Kier alpha value is -1.00. The van der Waals surface area contributed by atoms with Crippen LogP contribution in [0, 0.1) is 5.82 Å². The van der Waals surface area contributed by atoms with Gasteiger partial charge in [-0.3, -0.25) is 0 Å². The number of carbonyl (C=O) groups excluding carboxylic acids is 1. The van der Waals surface area contributed by atoms with Gasteiger partial charge in [-0.1, -0.05) is 23.2 Å². The summed E-state index contributed by atoms with van der Waals surface area (Å²) in [7, 11) is 1.17. The highest BCUT2D eigenvalue weighted by molar-refractivity contribution is 6.37. The molecule has 1 rings (SSSR count). The molecular formula is C8H6Cl2FNO2. The summed E-state index contributed by atoms with van der Waals surface area (Å²) in [5, 5.41) is -0.650. The number of methoxy groups -OCH3 is 1. The third kappa shape index (κ3) is 1.76. The van der Waals surface area contributed by atoms with Crippen LogP contribution in [0.4, 0.5) is 10.1 Å². The van der Waals surface area contributed by atoms with E-state index < -0.39 is 11.8 Å². The molecule has 0 aliphatic heterocycles. The highest BCUT2D eigenvalue weighted by Crippen LogP contribution is 2.31. The van der Waals surface area contributed by atoms with Gasteiger partial charge in [-0.15, -0.1) is 0 Å². The van der Waals surface area contributed by atoms with E-state index in [4.69, 9.17) is 28.9 Å². The number of benzene rings is 1. The second-order valence-corrected chi connectivity index (χ2v) is 3.22. The van der Waals surface area contributed by atoms with E-state index in [2.05, 4.69) is 4.74 Å². The molecule has 6 heteroatoms. The lowest BCUT2D eigenvalue weighted by atomic mass is 10.2. The number of rotatable bonds is 1. The smallest absolute Gasteiger partial charge is 0.340 e. The third-order valence-corrected chi connectivity index (χ3v) is 2.25. The number of carbonyl (C=O) groups is 1. The van der Waals surface area contributed by atoms with Crippen molar-refractivity contribution in [2.75, 3.05) is 12.8 Å². The van der Waals surface area contributed by atoms with E-state index in [0.717, 1.165) is 6.07 Å². The molecule has 0 aliphatic carbocycles. The van der Waals surface area contributed by atoms with Crippen molar-refractivity contribution in [1.82, 2.24) is 0 Å². The first-order valence-electron chi connectivity index (χ1n) is 3.50. The predicted molar refractivity (Wildman–Crippen MR) is 52.2 cm³/mol. The Morgan fingerprint density at radius 2 is 2.14 bits per heavy atom. The number of nitrogen functional groups attached to an aromatic ring is 1. The van der Waals surface area contributed by atoms with Crippen LogP contribution in [0.3, 0.4) is 0 Å². The third-order valence-electron chi connectivity index (χ3n) is 1.61. The fraction of sp³-hybridized carbons (Fsp3) is 0.125. The molecule has 0 spiro atoms. The van der Waals surface area contributed by atoms with Crippen LogP contribution in [-0.4, -0.2) is 13.1 Å². The van der Waals surface area contributed by atoms with E-state index in [-0.39, 0.29) is 21.3 Å². The number of anilines is 1. The van der Waals surface area contributed by atoms with E-state index in [1.807, 2.05) is 0 Å². The van der Waals surface area contributed by atoms with Crippen molar-refractivity contribution < 1.29 is 13.9 Å². The maximum Gasteiger partial charge on any atom is 0.340 e. The summed E-state index contributed by atoms with van der Waals surface area (Å²) in [6.45, 7) is 0. The van der Waals surface area contributed by atoms with Crippen LogP contribution in [0.25, 0.3) is 0 Å². The highest BCUT2D eigenvalue weighted by Gasteiger charge is 2.18. The molecule has 0 atom stereocenters. The van der Waals surface area contributed by atoms with Crippen LogP contribution in [0.5, 0.6) is 0 Å². The number of halogens is 3. The molecule has 0 saturated carbocycles. The minimum atomic E-state index is -0.849. The van der Waals surface area contributed by atoms with Gasteiger partial charge in [0.25, 0.3) is 0 Å². The van der Waals surface area contributed by atoms with E-state index in [1.165, 1.54) is 7.11 Å². The second-order valence-electron chi connectivity index (χ2n) is 2.44. The zero-order chi connectivity index (χ0) is 10.9. The first-order chi connectivity index (χ1) is 6.49. The average Bonchev–Trinajstić information content (AvgIpc) is 2.19. The van der Waals surface area contributed by atoms with Gasteiger partial charge < -0.3 is 10.5 Å². The Kier molecular flexibility index (Phi) is 3.18. The van der Waals surface area contributed by atoms with Gasteiger partial charge in [-0.2, -0.15) is 0 Å². The van der Waals surface area contributed by atoms with Crippen molar-refractivity contribution in [2.24, 2.45) is 0 Å². The molecule has 0 heterocycles. The predicted octanol–water partition coefficient (Wildman–Crippen LogP) is 2.50. The maximum atomic E-state index is 13.0. The summed E-state index contributed by atoms with van der Waals surface area (Å²) in [6, 6.07) is 1.07. The Morgan fingerprint density at radius 1 is 1.57 bits per heavy atom. The zero-order valence-electron chi connectivity index (χ0n) is 7.11. The largest absolute Gasteiger partial charge is 0.465 e. The highest BCUT2D eigenvalue weighted by atomic mass is 35.5. The van der Waals surface area contributed by atoms with Gasteiger partial charge >= 0.3 is 5.97 Å². The van der Waals surface area contributed by atoms with E-state index in [0.29, 0.717) is 0 Å². The van der Waals surface area contributed by atoms with Crippen molar-refractivity contribution in [1.29, 1.82) is 0 Å². The van der Waals surface area contributed by atoms with Gasteiger partial charge in [0.05, 0.1) is 23.4 Å². The standard InChI is InChI=1S/C8H6Cl2FNO2/c1-14-8(13)3-2-4(9)6(11)5(10)7(3)12/h2H,12H2,1H3. The first-order valence-corrected chi connectivity index (χ1v) is 4.26. The Labute approximate surface area is 89.5 Å². The molecule has 14 heavy (non-hydrogen) atoms. The van der Waals surface area contributed by atoms with E-state index in [9.17, 15) is 9.18 Å². The van der Waals surface area contributed by atoms with Gasteiger partial charge in [0.2, 0.25) is 0 Å². The maximum absolute atomic E-state index is 13.0. The van der Waals surface area contributed by atoms with Crippen LogP contribution in [-0.2, 0) is 4.74 Å². The van der Waals surface area contributed by atoms with Crippen LogP contribution in [0.2, 0.25) is 10.0 Å². The monoisotopic (exact) mass is 237 g/mol. The molecule has 0 bridgehead atoms. The van der Waals surface area contributed by atoms with Gasteiger partial charge in [0.1, 0.15) is 5.02 Å². The van der Waals surface area contributed by atoms with E-state index >= 15 is 0 Å². The summed E-state index contributed by atoms with van der Waals surface area (Å²) in [5.41, 5.74) is 5.17. The lowest BCUT2D eigenvalue weighted by molar-refractivity contribution is 0.0602. The average molecular weight is 238 g/mol. The summed E-state index contributed by atoms with van der Waals surface area (Å²) >= 11 is 11.0. The summed E-state index contributed by atoms with van der Waals surface area (Å²) in [6.07, 6.45) is 0. The van der Waals surface area contributed by atoms with Gasteiger partial charge in [-0.25, -0.2) is 9.18 Å². The molecule has 76 valence electrons. The number of esters is 1. The molecule has 1 aromatic carbocycles. The normalized spacial score (nSPS) is 10.0. The van der Waals surface area contributed by atoms with Gasteiger partial charge in [-0.05, 0) is 6.07 Å². The molecule has 1 aromatic rings.